The van der Waals surface area contributed by atoms with Gasteiger partial charge in [-0.25, -0.2) is 4.98 Å². The maximum Gasteiger partial charge on any atom is 0.203 e. The van der Waals surface area contributed by atoms with Gasteiger partial charge < -0.3 is 15.6 Å². The second-order valence-corrected chi connectivity index (χ2v) is 4.07. The average Bonchev–Trinajstić information content (AvgIpc) is 2.82. The highest BCUT2D eigenvalue weighted by Crippen LogP contribution is 2.25. The lowest BCUT2D eigenvalue weighted by molar-refractivity contribution is 0.714. The number of nitrogens with zero attached hydrogens (tertiary/aromatic N) is 2. The first-order valence-corrected chi connectivity index (χ1v) is 5.45. The first-order valence-electron chi connectivity index (χ1n) is 5.45. The van der Waals surface area contributed by atoms with Gasteiger partial charge in [-0.1, -0.05) is 12.1 Å². The highest BCUT2D eigenvalue weighted by molar-refractivity contribution is 5.54. The second kappa shape index (κ2) is 3.56. The zero-order chi connectivity index (χ0) is 11.0. The number of aromatic nitrogens is 2. The van der Waals surface area contributed by atoms with Gasteiger partial charge in [-0.3, -0.25) is 0 Å². The SMILES string of the molecule is Nc1cccc2c1CCN(c1ncc[nH]1)C2. The molecule has 0 spiro atoms. The molecular formula is C12H14N4. The van der Waals surface area contributed by atoms with Crippen LogP contribution in [0.3, 0.4) is 0 Å². The summed E-state index contributed by atoms with van der Waals surface area (Å²) in [6, 6.07) is 6.13. The fourth-order valence-electron chi connectivity index (χ4n) is 2.25. The Morgan fingerprint density at radius 1 is 1.38 bits per heavy atom. The number of rotatable bonds is 1. The minimum Gasteiger partial charge on any atom is -0.398 e. The quantitative estimate of drug-likeness (QED) is 0.708. The van der Waals surface area contributed by atoms with Crippen molar-refractivity contribution in [1.82, 2.24) is 9.97 Å². The number of hydrogen-bond donors (Lipinski definition) is 2. The normalized spacial score (nSPS) is 14.9. The summed E-state index contributed by atoms with van der Waals surface area (Å²) in [6.45, 7) is 1.85. The minimum atomic E-state index is 0.883. The molecule has 1 aliphatic rings. The molecule has 0 saturated carbocycles. The Balaban J connectivity index is 1.92. The number of anilines is 2. The van der Waals surface area contributed by atoms with Gasteiger partial charge in [-0.2, -0.15) is 0 Å². The van der Waals surface area contributed by atoms with E-state index in [1.165, 1.54) is 11.1 Å². The number of nitrogen functional groups attached to an aromatic ring is 1. The number of fused-ring (bicyclic) bond motifs is 1. The van der Waals surface area contributed by atoms with Gasteiger partial charge in [0.15, 0.2) is 0 Å². The van der Waals surface area contributed by atoms with Crippen LogP contribution < -0.4 is 10.6 Å². The van der Waals surface area contributed by atoms with Crippen molar-refractivity contribution in [2.45, 2.75) is 13.0 Å². The lowest BCUT2D eigenvalue weighted by Crippen LogP contribution is -2.31. The maximum absolute atomic E-state index is 5.96. The van der Waals surface area contributed by atoms with Crippen molar-refractivity contribution in [2.75, 3.05) is 17.2 Å². The summed E-state index contributed by atoms with van der Waals surface area (Å²) in [5.74, 6) is 0.938. The van der Waals surface area contributed by atoms with Crippen LogP contribution in [0.15, 0.2) is 30.6 Å². The Hall–Kier alpha value is -1.97. The number of nitrogens with two attached hydrogens (primary N) is 1. The van der Waals surface area contributed by atoms with Crippen LogP contribution in [0.5, 0.6) is 0 Å². The summed E-state index contributed by atoms with van der Waals surface area (Å²) >= 11 is 0. The monoisotopic (exact) mass is 214 g/mol. The van der Waals surface area contributed by atoms with Crippen molar-refractivity contribution in [3.63, 3.8) is 0 Å². The van der Waals surface area contributed by atoms with E-state index in [1.54, 1.807) is 6.20 Å². The Morgan fingerprint density at radius 3 is 3.12 bits per heavy atom. The Morgan fingerprint density at radius 2 is 2.31 bits per heavy atom. The van der Waals surface area contributed by atoms with Crippen molar-refractivity contribution in [1.29, 1.82) is 0 Å². The van der Waals surface area contributed by atoms with Gasteiger partial charge in [0.25, 0.3) is 0 Å². The molecular weight excluding hydrogens is 200 g/mol. The number of hydrogen-bond acceptors (Lipinski definition) is 3. The molecule has 3 rings (SSSR count). The van der Waals surface area contributed by atoms with Crippen LogP contribution in [0.25, 0.3) is 0 Å². The molecule has 82 valence electrons. The van der Waals surface area contributed by atoms with Crippen LogP contribution in [0.4, 0.5) is 11.6 Å². The van der Waals surface area contributed by atoms with Crippen molar-refractivity contribution < 1.29 is 0 Å². The van der Waals surface area contributed by atoms with E-state index >= 15 is 0 Å². The molecule has 1 aliphatic heterocycles. The molecule has 0 amide bonds. The van der Waals surface area contributed by atoms with Crippen LogP contribution in [0, 0.1) is 0 Å². The van der Waals surface area contributed by atoms with Gasteiger partial charge in [0.05, 0.1) is 0 Å². The molecule has 0 radical (unpaired) electrons. The fraction of sp³-hybridized carbons (Fsp3) is 0.250. The van der Waals surface area contributed by atoms with E-state index in [1.807, 2.05) is 18.3 Å². The summed E-state index contributed by atoms with van der Waals surface area (Å²) in [5, 5.41) is 0. The molecule has 0 atom stereocenters. The smallest absolute Gasteiger partial charge is 0.203 e. The largest absolute Gasteiger partial charge is 0.398 e. The number of nitrogens with one attached hydrogen (secondary N) is 1. The van der Waals surface area contributed by atoms with E-state index in [-0.39, 0.29) is 0 Å². The Labute approximate surface area is 94.1 Å². The molecule has 2 aromatic rings. The number of aromatic amines is 1. The molecule has 0 aliphatic carbocycles. The molecule has 1 aromatic heterocycles. The molecule has 0 bridgehead atoms. The van der Waals surface area contributed by atoms with Crippen LogP contribution in [-0.2, 0) is 13.0 Å². The van der Waals surface area contributed by atoms with E-state index < -0.39 is 0 Å². The van der Waals surface area contributed by atoms with Crippen LogP contribution in [0.2, 0.25) is 0 Å². The first-order chi connectivity index (χ1) is 7.84. The Kier molecular flexibility index (Phi) is 2.06. The molecule has 2 heterocycles. The number of benzene rings is 1. The van der Waals surface area contributed by atoms with Crippen molar-refractivity contribution in [3.05, 3.63) is 41.7 Å². The predicted molar refractivity (Wildman–Crippen MR) is 64.2 cm³/mol. The van der Waals surface area contributed by atoms with Gasteiger partial charge in [0.2, 0.25) is 5.95 Å². The summed E-state index contributed by atoms with van der Waals surface area (Å²) in [7, 11) is 0. The zero-order valence-electron chi connectivity index (χ0n) is 8.98. The van der Waals surface area contributed by atoms with Gasteiger partial charge in [0.1, 0.15) is 0 Å². The van der Waals surface area contributed by atoms with Gasteiger partial charge in [-0.15, -0.1) is 0 Å². The van der Waals surface area contributed by atoms with Gasteiger partial charge in [-0.05, 0) is 23.6 Å². The number of H-pyrrole nitrogens is 1. The van der Waals surface area contributed by atoms with E-state index in [0.717, 1.165) is 31.1 Å². The highest BCUT2D eigenvalue weighted by atomic mass is 15.3. The predicted octanol–water partition coefficient (Wildman–Crippen LogP) is 1.55. The molecule has 4 heteroatoms. The van der Waals surface area contributed by atoms with Crippen molar-refractivity contribution in [3.8, 4) is 0 Å². The van der Waals surface area contributed by atoms with Crippen LogP contribution >= 0.6 is 0 Å². The molecule has 4 nitrogen and oxygen atoms in total. The summed E-state index contributed by atoms with van der Waals surface area (Å²) < 4.78 is 0. The topological polar surface area (TPSA) is 57.9 Å². The van der Waals surface area contributed by atoms with Crippen molar-refractivity contribution >= 4 is 11.6 Å². The molecule has 1 aromatic carbocycles. The summed E-state index contributed by atoms with van der Waals surface area (Å²) in [4.78, 5) is 9.65. The van der Waals surface area contributed by atoms with E-state index in [2.05, 4.69) is 20.9 Å². The van der Waals surface area contributed by atoms with E-state index in [4.69, 9.17) is 5.73 Å². The average molecular weight is 214 g/mol. The fourth-order valence-corrected chi connectivity index (χ4v) is 2.25. The first kappa shape index (κ1) is 9.27. The lowest BCUT2D eigenvalue weighted by Gasteiger charge is -2.29. The maximum atomic E-state index is 5.96. The standard InChI is InChI=1S/C12H14N4/c13-11-3-1-2-9-8-16(7-4-10(9)11)12-14-5-6-15-12/h1-3,5-6H,4,7-8,13H2,(H,14,15). The van der Waals surface area contributed by atoms with E-state index in [0.29, 0.717) is 0 Å². The highest BCUT2D eigenvalue weighted by Gasteiger charge is 2.18. The molecule has 16 heavy (non-hydrogen) atoms. The second-order valence-electron chi connectivity index (χ2n) is 4.07. The van der Waals surface area contributed by atoms with Crippen molar-refractivity contribution in [2.24, 2.45) is 0 Å². The molecule has 3 N–H and O–H groups in total. The summed E-state index contributed by atoms with van der Waals surface area (Å²) in [5.41, 5.74) is 9.48. The summed E-state index contributed by atoms with van der Waals surface area (Å²) in [6.07, 6.45) is 4.62. The third-order valence-corrected chi connectivity index (χ3v) is 3.09. The molecule has 0 unspecified atom stereocenters. The van der Waals surface area contributed by atoms with Crippen LogP contribution in [-0.4, -0.2) is 16.5 Å². The minimum absolute atomic E-state index is 0.883. The molecule has 0 fully saturated rings. The molecule has 0 saturated heterocycles. The lowest BCUT2D eigenvalue weighted by atomic mass is 9.98. The third kappa shape index (κ3) is 1.43. The zero-order valence-corrected chi connectivity index (χ0v) is 8.98. The number of imidazole rings is 1. The van der Waals surface area contributed by atoms with Gasteiger partial charge in [0, 0.05) is 31.2 Å². The third-order valence-electron chi connectivity index (χ3n) is 3.09. The Bertz CT molecular complexity index is 490. The van der Waals surface area contributed by atoms with Gasteiger partial charge >= 0.3 is 0 Å². The van der Waals surface area contributed by atoms with E-state index in [9.17, 15) is 0 Å². The van der Waals surface area contributed by atoms with Crippen LogP contribution in [0.1, 0.15) is 11.1 Å².